The van der Waals surface area contributed by atoms with Crippen molar-refractivity contribution in [1.29, 1.82) is 0 Å². The highest BCUT2D eigenvalue weighted by atomic mass is 35.7. The van der Waals surface area contributed by atoms with Crippen LogP contribution < -0.4 is 46.4 Å². The van der Waals surface area contributed by atoms with Crippen molar-refractivity contribution in [3.8, 4) is 89.0 Å². The molecular formula is C64H54Cl2N2O8. The quantitative estimate of drug-likeness (QED) is 0.141. The van der Waals surface area contributed by atoms with Crippen molar-refractivity contribution in [3.05, 3.63) is 253 Å². The summed E-state index contributed by atoms with van der Waals surface area (Å²) in [6, 6.07) is 76.0. The van der Waals surface area contributed by atoms with Gasteiger partial charge in [-0.3, -0.25) is 0 Å². The van der Waals surface area contributed by atoms with Crippen LogP contribution in [0.2, 0.25) is 0 Å². The lowest BCUT2D eigenvalue weighted by Crippen LogP contribution is -2.68. The molecule has 76 heavy (non-hydrogen) atoms. The first-order valence-corrected chi connectivity index (χ1v) is 26.8. The molecule has 0 fully saturated rings. The second-order valence-electron chi connectivity index (χ2n) is 18.5. The van der Waals surface area contributed by atoms with Crippen molar-refractivity contribution in [3.63, 3.8) is 0 Å². The van der Waals surface area contributed by atoms with Crippen LogP contribution in [0.25, 0.3) is 89.0 Å². The molecule has 8 aromatic carbocycles. The molecule has 0 amide bonds. The number of hydrogen-bond donors (Lipinski definition) is 0. The average Bonchev–Trinajstić information content (AvgIpc) is 3.41. The van der Waals surface area contributed by atoms with Gasteiger partial charge in [-0.15, -0.1) is 20.5 Å². The second-order valence-corrected chi connectivity index (χ2v) is 20.0. The molecule has 0 N–H and O–H groups in total. The lowest BCUT2D eigenvalue weighted by molar-refractivity contribution is -2.00. The molecule has 0 aliphatic rings. The van der Waals surface area contributed by atoms with E-state index >= 15 is 0 Å². The molecule has 0 aliphatic carbocycles. The van der Waals surface area contributed by atoms with E-state index in [0.717, 1.165) is 13.1 Å². The van der Waals surface area contributed by atoms with Crippen LogP contribution in [0.3, 0.4) is 0 Å². The largest absolute Gasteiger partial charge is 0.222 e. The van der Waals surface area contributed by atoms with Gasteiger partial charge in [0.25, 0.3) is 0 Å². The number of pyridine rings is 2. The van der Waals surface area contributed by atoms with Gasteiger partial charge >= 0.3 is 0 Å². The first-order valence-electron chi connectivity index (χ1n) is 24.3. The van der Waals surface area contributed by atoms with Crippen molar-refractivity contribution < 1.29 is 66.9 Å². The van der Waals surface area contributed by atoms with Crippen LogP contribution in [0, 0.1) is 48.2 Å². The molecular weight excluding hydrogens is 996 g/mol. The van der Waals surface area contributed by atoms with E-state index in [0.29, 0.717) is 0 Å². The summed E-state index contributed by atoms with van der Waals surface area (Å²) in [5.74, 6) is 0. The summed E-state index contributed by atoms with van der Waals surface area (Å²) >= 11 is 0. The molecule has 382 valence electrons. The maximum atomic E-state index is 8.49. The first kappa shape index (κ1) is 54.6. The molecule has 10 nitrogen and oxygen atoms in total. The maximum Gasteiger partial charge on any atom is 0.206 e. The van der Waals surface area contributed by atoms with Crippen LogP contribution in [-0.2, 0) is 13.1 Å². The van der Waals surface area contributed by atoms with Crippen LogP contribution in [0.1, 0.15) is 22.3 Å². The molecule has 12 heteroatoms. The molecule has 0 unspecified atom stereocenters. The Morgan fingerprint density at radius 2 is 0.487 bits per heavy atom. The fourth-order valence-corrected chi connectivity index (χ4v) is 9.12. The molecule has 0 aliphatic heterocycles. The Balaban J connectivity index is 0.000000702. The Morgan fingerprint density at radius 1 is 0.263 bits per heavy atom. The zero-order valence-electron chi connectivity index (χ0n) is 42.3. The minimum Gasteiger partial charge on any atom is -0.222 e. The van der Waals surface area contributed by atoms with Gasteiger partial charge in [0.05, 0.1) is 0 Å². The SMILES string of the molecule is Cc1ccc(-c2cc(-c3ccccc3)cc(-c3ccc(C)cc3)c2-c2cc[n+](CC[n+]3ccc(-c4c(-c5ccc(C)cc5)cc(-c5ccccc5)cc4-c4ccc(C)cc4)cc3)cc2)cc1.[O-][Cl+3]([O-])([O-])[O-].[O-][Cl+3]([O-])([O-])[O-]. The standard InChI is InChI=1S/C64H54N2.2ClHO4/c1-45-15-23-51(24-16-45)59-41-57(49-11-7-5-8-12-49)42-60(52-25-17-46(2)18-26-52)63(59)55-31-35-65(36-32-55)39-40-66-37-33-56(34-38-66)64-61(53-27-19-47(3)20-28-53)43-58(50-13-9-6-10-14-50)44-62(64)54-29-21-48(4)22-30-54;2*2-1(3,4)5/h5-38,41-44H,39-40H2,1-4H3;2*(H,2,3,4,5)/q+2;;/p-2. The fraction of sp³-hybridized carbons (Fsp3) is 0.0938. The summed E-state index contributed by atoms with van der Waals surface area (Å²) in [5, 5.41) is 0. The van der Waals surface area contributed by atoms with Crippen molar-refractivity contribution in [2.24, 2.45) is 0 Å². The molecule has 0 atom stereocenters. The predicted octanol–water partition coefficient (Wildman–Crippen LogP) is 6.02. The third-order valence-electron chi connectivity index (χ3n) is 12.9. The van der Waals surface area contributed by atoms with E-state index in [1.807, 2.05) is 0 Å². The van der Waals surface area contributed by atoms with E-state index in [1.165, 1.54) is 111 Å². The monoisotopic (exact) mass is 1050 g/mol. The molecule has 0 spiro atoms. The first-order chi connectivity index (χ1) is 36.3. The van der Waals surface area contributed by atoms with Gasteiger partial charge < -0.3 is 0 Å². The third-order valence-corrected chi connectivity index (χ3v) is 12.9. The maximum absolute atomic E-state index is 8.49. The van der Waals surface area contributed by atoms with Crippen LogP contribution in [0.5, 0.6) is 0 Å². The summed E-state index contributed by atoms with van der Waals surface area (Å²) in [4.78, 5) is 0. The fourth-order valence-electron chi connectivity index (χ4n) is 9.12. The number of rotatable bonds is 11. The van der Waals surface area contributed by atoms with E-state index in [4.69, 9.17) is 37.3 Å². The molecule has 10 aromatic rings. The van der Waals surface area contributed by atoms with Gasteiger partial charge in [-0.1, -0.05) is 180 Å². The Labute approximate surface area is 447 Å². The Hall–Kier alpha value is -7.68. The number of aromatic nitrogens is 2. The predicted molar refractivity (Wildman–Crippen MR) is 276 cm³/mol. The molecule has 2 heterocycles. The minimum atomic E-state index is -4.94. The number of aryl methyl sites for hydroxylation is 6. The van der Waals surface area contributed by atoms with Gasteiger partial charge in [0.15, 0.2) is 24.8 Å². The zero-order valence-corrected chi connectivity index (χ0v) is 43.8. The normalized spacial score (nSPS) is 11.3. The molecule has 0 saturated carbocycles. The summed E-state index contributed by atoms with van der Waals surface area (Å²) in [6.07, 6.45) is 8.96. The highest BCUT2D eigenvalue weighted by Gasteiger charge is 2.21. The second kappa shape index (κ2) is 24.3. The van der Waals surface area contributed by atoms with Crippen molar-refractivity contribution >= 4 is 0 Å². The van der Waals surface area contributed by atoms with Crippen molar-refractivity contribution in [1.82, 2.24) is 0 Å². The third kappa shape index (κ3) is 15.0. The highest BCUT2D eigenvalue weighted by Crippen LogP contribution is 2.45. The summed E-state index contributed by atoms with van der Waals surface area (Å²) in [6.45, 7) is 10.3. The van der Waals surface area contributed by atoms with E-state index in [2.05, 4.69) is 268 Å². The van der Waals surface area contributed by atoms with E-state index < -0.39 is 20.5 Å². The molecule has 0 saturated heterocycles. The van der Waals surface area contributed by atoms with Gasteiger partial charge in [0.1, 0.15) is 0 Å². The smallest absolute Gasteiger partial charge is 0.206 e. The van der Waals surface area contributed by atoms with E-state index in [-0.39, 0.29) is 0 Å². The number of hydrogen-bond acceptors (Lipinski definition) is 8. The highest BCUT2D eigenvalue weighted by molar-refractivity contribution is 5.99. The summed E-state index contributed by atoms with van der Waals surface area (Å²) in [7, 11) is -9.89. The molecule has 0 radical (unpaired) electrons. The lowest BCUT2D eigenvalue weighted by atomic mass is 9.84. The number of nitrogens with zero attached hydrogens (tertiary/aromatic N) is 2. The Bertz CT molecular complexity index is 3110. The minimum absolute atomic E-state index is 0.835. The van der Waals surface area contributed by atoms with E-state index in [9.17, 15) is 0 Å². The molecule has 2 aromatic heterocycles. The summed E-state index contributed by atoms with van der Waals surface area (Å²) in [5.41, 5.74) is 24.5. The zero-order chi connectivity index (χ0) is 54.0. The van der Waals surface area contributed by atoms with Crippen LogP contribution >= 0.6 is 0 Å². The topological polar surface area (TPSA) is 192 Å². The Kier molecular flexibility index (Phi) is 17.5. The van der Waals surface area contributed by atoms with Gasteiger partial charge in [-0.05, 0) is 141 Å². The van der Waals surface area contributed by atoms with Gasteiger partial charge in [-0.25, -0.2) is 37.3 Å². The number of halogens is 2. The molecule has 10 rings (SSSR count). The van der Waals surface area contributed by atoms with Crippen LogP contribution in [0.15, 0.2) is 231 Å². The molecule has 0 bridgehead atoms. The summed E-state index contributed by atoms with van der Waals surface area (Å²) < 4.78 is 72.5. The van der Waals surface area contributed by atoms with Crippen LogP contribution in [0.4, 0.5) is 0 Å². The Morgan fingerprint density at radius 3 is 0.711 bits per heavy atom. The van der Waals surface area contributed by atoms with Gasteiger partial charge in [0.2, 0.25) is 13.1 Å². The van der Waals surface area contributed by atoms with Gasteiger partial charge in [0, 0.05) is 24.3 Å². The lowest BCUT2D eigenvalue weighted by Gasteiger charge is -2.19. The van der Waals surface area contributed by atoms with Gasteiger partial charge in [-0.2, -0.15) is 9.13 Å². The van der Waals surface area contributed by atoms with Crippen molar-refractivity contribution in [2.75, 3.05) is 0 Å². The average molecular weight is 1050 g/mol. The number of benzene rings is 8. The van der Waals surface area contributed by atoms with Crippen LogP contribution in [-0.4, -0.2) is 0 Å². The van der Waals surface area contributed by atoms with E-state index in [1.54, 1.807) is 0 Å². The van der Waals surface area contributed by atoms with Crippen molar-refractivity contribution in [2.45, 2.75) is 40.8 Å².